The van der Waals surface area contributed by atoms with E-state index in [9.17, 15) is 4.79 Å². The lowest BCUT2D eigenvalue weighted by Gasteiger charge is -2.24. The minimum atomic E-state index is -0.276. The zero-order valence-electron chi connectivity index (χ0n) is 20.5. The van der Waals surface area contributed by atoms with Gasteiger partial charge in [0.2, 0.25) is 0 Å². The molecule has 1 aromatic heterocycles. The topological polar surface area (TPSA) is 57.3 Å². The van der Waals surface area contributed by atoms with Gasteiger partial charge in [0, 0.05) is 35.1 Å². The van der Waals surface area contributed by atoms with Gasteiger partial charge in [0.1, 0.15) is 5.82 Å². The van der Waals surface area contributed by atoms with Gasteiger partial charge in [-0.05, 0) is 74.5 Å². The lowest BCUT2D eigenvalue weighted by molar-refractivity contribution is 0.102. The van der Waals surface area contributed by atoms with Gasteiger partial charge in [-0.15, -0.1) is 0 Å². The Morgan fingerprint density at radius 1 is 1.03 bits per heavy atom. The van der Waals surface area contributed by atoms with Crippen LogP contribution in [0.5, 0.6) is 0 Å². The lowest BCUT2D eigenvalue weighted by Crippen LogP contribution is -2.23. The van der Waals surface area contributed by atoms with E-state index in [4.69, 9.17) is 23.2 Å². The first-order valence-corrected chi connectivity index (χ1v) is 12.4. The fourth-order valence-electron chi connectivity index (χ4n) is 3.43. The number of pyridine rings is 1. The summed E-state index contributed by atoms with van der Waals surface area (Å²) in [5.74, 6) is 0.151. The van der Waals surface area contributed by atoms with Crippen LogP contribution in [-0.4, -0.2) is 29.4 Å². The van der Waals surface area contributed by atoms with E-state index in [-0.39, 0.29) is 5.91 Å². The van der Waals surface area contributed by atoms with Gasteiger partial charge in [0.25, 0.3) is 5.91 Å². The number of rotatable bonds is 9. The number of amides is 1. The predicted octanol–water partition coefficient (Wildman–Crippen LogP) is 7.68. The molecule has 0 bridgehead atoms. The Morgan fingerprint density at radius 3 is 2.32 bits per heavy atom. The summed E-state index contributed by atoms with van der Waals surface area (Å²) in [6.07, 6.45) is 2.62. The fraction of sp³-hybridized carbons (Fsp3) is 0.333. The first-order chi connectivity index (χ1) is 16.4. The van der Waals surface area contributed by atoms with Crippen molar-refractivity contribution < 1.29 is 4.79 Å². The fourth-order valence-corrected chi connectivity index (χ4v) is 3.71. The standard InChI is InChI=1S/C25H28Cl2N4O.C2H6/c1-4-13-31(3)17(2)18-6-10-22(11-7-18)28-15-19-5-8-20(26)14-23(19)25(32)30-24-12-9-21(27)16-29-24;1-2/h5-12,14,16-17,28H,4,13,15H2,1-3H3,(H,29,30,32);1-2H3. The summed E-state index contributed by atoms with van der Waals surface area (Å²) in [7, 11) is 2.15. The van der Waals surface area contributed by atoms with Crippen LogP contribution in [-0.2, 0) is 6.54 Å². The van der Waals surface area contributed by atoms with E-state index in [0.29, 0.717) is 34.0 Å². The van der Waals surface area contributed by atoms with Crippen molar-refractivity contribution in [3.05, 3.63) is 87.5 Å². The number of benzene rings is 2. The third-order valence-electron chi connectivity index (χ3n) is 5.40. The van der Waals surface area contributed by atoms with Crippen LogP contribution in [0.3, 0.4) is 0 Å². The average molecular weight is 502 g/mol. The van der Waals surface area contributed by atoms with E-state index in [0.717, 1.165) is 24.2 Å². The number of halogens is 2. The number of aromatic nitrogens is 1. The highest BCUT2D eigenvalue weighted by Gasteiger charge is 2.14. The minimum Gasteiger partial charge on any atom is -0.381 e. The Bertz CT molecular complexity index is 1040. The minimum absolute atomic E-state index is 0.276. The van der Waals surface area contributed by atoms with Crippen LogP contribution in [0.25, 0.3) is 0 Å². The van der Waals surface area contributed by atoms with Crippen molar-refractivity contribution in [3.63, 3.8) is 0 Å². The first-order valence-electron chi connectivity index (χ1n) is 11.6. The van der Waals surface area contributed by atoms with E-state index < -0.39 is 0 Å². The molecule has 0 spiro atoms. The molecule has 1 atom stereocenters. The van der Waals surface area contributed by atoms with E-state index in [1.165, 1.54) is 11.8 Å². The number of hydrogen-bond acceptors (Lipinski definition) is 4. The molecule has 2 N–H and O–H groups in total. The van der Waals surface area contributed by atoms with Crippen molar-refractivity contribution in [1.82, 2.24) is 9.88 Å². The second-order valence-corrected chi connectivity index (χ2v) is 8.62. The molecule has 182 valence electrons. The van der Waals surface area contributed by atoms with Crippen molar-refractivity contribution in [2.45, 2.75) is 46.7 Å². The highest BCUT2D eigenvalue weighted by atomic mass is 35.5. The molecule has 3 rings (SSSR count). The van der Waals surface area contributed by atoms with Gasteiger partial charge in [-0.25, -0.2) is 4.98 Å². The summed E-state index contributed by atoms with van der Waals surface area (Å²) < 4.78 is 0. The van der Waals surface area contributed by atoms with Crippen molar-refractivity contribution in [2.24, 2.45) is 0 Å². The number of carbonyl (C=O) groups is 1. The molecule has 5 nitrogen and oxygen atoms in total. The molecule has 0 aliphatic heterocycles. The van der Waals surface area contributed by atoms with Gasteiger partial charge >= 0.3 is 0 Å². The average Bonchev–Trinajstić information content (AvgIpc) is 2.86. The summed E-state index contributed by atoms with van der Waals surface area (Å²) in [4.78, 5) is 19.3. The molecule has 7 heteroatoms. The monoisotopic (exact) mass is 500 g/mol. The number of nitrogens with one attached hydrogen (secondary N) is 2. The second-order valence-electron chi connectivity index (χ2n) is 7.75. The molecule has 0 aliphatic rings. The Kier molecular flexibility index (Phi) is 11.3. The lowest BCUT2D eigenvalue weighted by atomic mass is 10.1. The molecule has 1 unspecified atom stereocenters. The zero-order valence-corrected chi connectivity index (χ0v) is 22.0. The van der Waals surface area contributed by atoms with Gasteiger partial charge in [-0.3, -0.25) is 9.69 Å². The Labute approximate surface area is 213 Å². The van der Waals surface area contributed by atoms with Crippen molar-refractivity contribution in [3.8, 4) is 0 Å². The molecule has 34 heavy (non-hydrogen) atoms. The van der Waals surface area contributed by atoms with E-state index in [2.05, 4.69) is 65.7 Å². The molecular formula is C27H34Cl2N4O. The molecule has 0 saturated heterocycles. The maximum absolute atomic E-state index is 12.8. The van der Waals surface area contributed by atoms with Crippen LogP contribution < -0.4 is 10.6 Å². The third-order valence-corrected chi connectivity index (χ3v) is 5.86. The van der Waals surface area contributed by atoms with Crippen LogP contribution in [0.15, 0.2) is 60.8 Å². The maximum Gasteiger partial charge on any atom is 0.257 e. The van der Waals surface area contributed by atoms with Crippen LogP contribution >= 0.6 is 23.2 Å². The van der Waals surface area contributed by atoms with Gasteiger partial charge in [-0.2, -0.15) is 0 Å². The molecule has 0 radical (unpaired) electrons. The van der Waals surface area contributed by atoms with Gasteiger partial charge in [0.05, 0.1) is 5.02 Å². The molecule has 1 heterocycles. The van der Waals surface area contributed by atoms with Gasteiger partial charge < -0.3 is 10.6 Å². The first kappa shape index (κ1) is 27.6. The largest absolute Gasteiger partial charge is 0.381 e. The highest BCUT2D eigenvalue weighted by molar-refractivity contribution is 6.31. The van der Waals surface area contributed by atoms with E-state index in [1.54, 1.807) is 24.3 Å². The summed E-state index contributed by atoms with van der Waals surface area (Å²) in [5, 5.41) is 7.20. The number of anilines is 2. The molecule has 0 aliphatic carbocycles. The van der Waals surface area contributed by atoms with Crippen LogP contribution in [0.1, 0.15) is 61.6 Å². The maximum atomic E-state index is 12.8. The highest BCUT2D eigenvalue weighted by Crippen LogP contribution is 2.23. The number of carbonyl (C=O) groups excluding carboxylic acids is 1. The number of hydrogen-bond donors (Lipinski definition) is 2. The summed E-state index contributed by atoms with van der Waals surface area (Å²) in [6.45, 7) is 9.95. The number of nitrogens with zero attached hydrogens (tertiary/aromatic N) is 2. The Morgan fingerprint density at radius 2 is 1.71 bits per heavy atom. The van der Waals surface area contributed by atoms with E-state index >= 15 is 0 Å². The van der Waals surface area contributed by atoms with Crippen LogP contribution in [0, 0.1) is 0 Å². The summed E-state index contributed by atoms with van der Waals surface area (Å²) in [6, 6.07) is 17.4. The SMILES string of the molecule is CC.CCCN(C)C(C)c1ccc(NCc2ccc(Cl)cc2C(=O)Nc2ccc(Cl)cn2)cc1. The normalized spacial score (nSPS) is 11.4. The van der Waals surface area contributed by atoms with Crippen molar-refractivity contribution >= 4 is 40.6 Å². The van der Waals surface area contributed by atoms with Gasteiger partial charge in [0.15, 0.2) is 0 Å². The second kappa shape index (κ2) is 14.0. The van der Waals surface area contributed by atoms with Crippen molar-refractivity contribution in [1.29, 1.82) is 0 Å². The smallest absolute Gasteiger partial charge is 0.257 e. The van der Waals surface area contributed by atoms with Crippen molar-refractivity contribution in [2.75, 3.05) is 24.2 Å². The zero-order chi connectivity index (χ0) is 25.1. The van der Waals surface area contributed by atoms with E-state index in [1.807, 2.05) is 19.9 Å². The van der Waals surface area contributed by atoms with Crippen LogP contribution in [0.4, 0.5) is 11.5 Å². The van der Waals surface area contributed by atoms with Gasteiger partial charge in [-0.1, -0.05) is 62.2 Å². The quantitative estimate of drug-likeness (QED) is 0.316. The predicted molar refractivity (Wildman–Crippen MR) is 145 cm³/mol. The summed E-state index contributed by atoms with van der Waals surface area (Å²) in [5.41, 5.74) is 3.59. The Hall–Kier alpha value is -2.60. The summed E-state index contributed by atoms with van der Waals surface area (Å²) >= 11 is 12.0. The molecule has 1 amide bonds. The Balaban J connectivity index is 0.00000199. The molecule has 3 aromatic rings. The molecule has 0 fully saturated rings. The van der Waals surface area contributed by atoms with Crippen LogP contribution in [0.2, 0.25) is 10.0 Å². The molecular weight excluding hydrogens is 467 g/mol. The molecule has 0 saturated carbocycles. The third kappa shape index (κ3) is 8.01. The molecule has 2 aromatic carbocycles.